The van der Waals surface area contributed by atoms with Crippen LogP contribution in [-0.2, 0) is 0 Å². The Bertz CT molecular complexity index is 303. The van der Waals surface area contributed by atoms with Gasteiger partial charge in [-0.3, -0.25) is 0 Å². The lowest BCUT2D eigenvalue weighted by atomic mass is 10.0. The van der Waals surface area contributed by atoms with Crippen LogP contribution in [0.1, 0.15) is 0 Å². The van der Waals surface area contributed by atoms with Gasteiger partial charge in [0.15, 0.2) is 11.7 Å². The van der Waals surface area contributed by atoms with E-state index in [2.05, 4.69) is 4.99 Å². The van der Waals surface area contributed by atoms with E-state index in [1.54, 1.807) is 0 Å². The Kier molecular flexibility index (Phi) is 1.88. The summed E-state index contributed by atoms with van der Waals surface area (Å²) >= 11 is 0. The van der Waals surface area contributed by atoms with Crippen LogP contribution in [0.3, 0.4) is 0 Å². The van der Waals surface area contributed by atoms with Crippen molar-refractivity contribution in [1.82, 2.24) is 0 Å². The molecule has 1 aliphatic heterocycles. The van der Waals surface area contributed by atoms with Crippen LogP contribution in [0.4, 0.5) is 17.6 Å². The average Bonchev–Trinajstić information content (AvgIpc) is 2.08. The third-order valence-corrected chi connectivity index (χ3v) is 1.34. The molecule has 0 N–H and O–H groups in total. The molecule has 0 bridgehead atoms. The summed E-state index contributed by atoms with van der Waals surface area (Å²) in [6.07, 6.45) is -2.50. The number of rotatable bonds is 0. The molecule has 0 aromatic carbocycles. The molecule has 1 heterocycles. The normalized spacial score (nSPS) is 35.1. The van der Waals surface area contributed by atoms with Crippen molar-refractivity contribution in [3.63, 3.8) is 0 Å². The van der Waals surface area contributed by atoms with Crippen LogP contribution < -0.4 is 0 Å². The first kappa shape index (κ1) is 8.71. The minimum atomic E-state index is -3.61. The first-order valence-electron chi connectivity index (χ1n) is 2.85. The number of nitrogens with zero attached hydrogens (tertiary/aromatic N) is 2. The molecule has 0 radical (unpaired) electrons. The highest BCUT2D eigenvalue weighted by atomic mass is 19.2. The summed E-state index contributed by atoms with van der Waals surface area (Å²) in [6, 6.07) is 0.682. The van der Waals surface area contributed by atoms with Gasteiger partial charge in [0.1, 0.15) is 6.07 Å². The summed E-state index contributed by atoms with van der Waals surface area (Å²) in [7, 11) is 0. The van der Waals surface area contributed by atoms with Crippen LogP contribution in [0.2, 0.25) is 0 Å². The quantitative estimate of drug-likeness (QED) is 0.411. The van der Waals surface area contributed by atoms with Gasteiger partial charge in [0.05, 0.1) is 6.21 Å². The molecule has 0 saturated heterocycles. The largest absolute Gasteiger partial charge is 0.300 e. The Morgan fingerprint density at radius 2 is 2.17 bits per heavy atom. The molecule has 0 aromatic heterocycles. The summed E-state index contributed by atoms with van der Waals surface area (Å²) < 4.78 is 49.9. The van der Waals surface area contributed by atoms with E-state index in [0.29, 0.717) is 6.07 Å². The van der Waals surface area contributed by atoms with Crippen molar-refractivity contribution in [3.05, 3.63) is 11.7 Å². The summed E-state index contributed by atoms with van der Waals surface area (Å²) in [6.45, 7) is 0. The molecule has 0 fully saturated rings. The van der Waals surface area contributed by atoms with Gasteiger partial charge in [0.25, 0.3) is 5.67 Å². The second kappa shape index (κ2) is 2.59. The van der Waals surface area contributed by atoms with Crippen molar-refractivity contribution in [2.45, 2.75) is 12.0 Å². The lowest BCUT2D eigenvalue weighted by Gasteiger charge is -2.19. The van der Waals surface area contributed by atoms with Gasteiger partial charge in [-0.1, -0.05) is 0 Å². The van der Waals surface area contributed by atoms with E-state index in [4.69, 9.17) is 5.26 Å². The molecule has 2 atom stereocenters. The maximum atomic E-state index is 12.8. The Labute approximate surface area is 64.8 Å². The topological polar surface area (TPSA) is 36.1 Å². The third-order valence-electron chi connectivity index (χ3n) is 1.34. The van der Waals surface area contributed by atoms with Crippen molar-refractivity contribution in [1.29, 1.82) is 5.26 Å². The predicted octanol–water partition coefficient (Wildman–Crippen LogP) is 1.75. The molecule has 2 nitrogen and oxygen atoms in total. The smallest absolute Gasteiger partial charge is 0.249 e. The highest BCUT2D eigenvalue weighted by Gasteiger charge is 2.49. The molecule has 1 aliphatic rings. The molecule has 2 unspecified atom stereocenters. The molecule has 0 amide bonds. The fourth-order valence-corrected chi connectivity index (χ4v) is 0.671. The van der Waals surface area contributed by atoms with Crippen LogP contribution in [0, 0.1) is 11.3 Å². The molecule has 6 heteroatoms. The molecule has 0 saturated carbocycles. The third kappa shape index (κ3) is 0.978. The molecule has 0 aliphatic carbocycles. The summed E-state index contributed by atoms with van der Waals surface area (Å²) in [5.74, 6) is -3.72. The van der Waals surface area contributed by atoms with E-state index >= 15 is 0 Å². The summed E-state index contributed by atoms with van der Waals surface area (Å²) in [5.41, 5.74) is -3.61. The maximum absolute atomic E-state index is 12.8. The Balaban J connectivity index is 3.20. The minimum Gasteiger partial charge on any atom is -0.249 e. The zero-order valence-corrected chi connectivity index (χ0v) is 5.56. The Hall–Kier alpha value is -1.38. The van der Waals surface area contributed by atoms with Gasteiger partial charge in [-0.2, -0.15) is 5.26 Å². The van der Waals surface area contributed by atoms with E-state index in [1.807, 2.05) is 0 Å². The SMILES string of the molecule is N#CC1(F)C(F)=C(F)C=NC1F. The van der Waals surface area contributed by atoms with Gasteiger partial charge in [-0.05, 0) is 0 Å². The number of hydrogen-bond donors (Lipinski definition) is 0. The maximum Gasteiger partial charge on any atom is 0.300 e. The van der Waals surface area contributed by atoms with E-state index in [0.717, 1.165) is 0 Å². The van der Waals surface area contributed by atoms with E-state index < -0.39 is 23.6 Å². The van der Waals surface area contributed by atoms with Crippen molar-refractivity contribution in [2.75, 3.05) is 0 Å². The number of nitriles is 1. The molecular formula is C6H2F4N2. The van der Waals surface area contributed by atoms with Gasteiger partial charge in [0.2, 0.25) is 6.30 Å². The highest BCUT2D eigenvalue weighted by Crippen LogP contribution is 2.34. The van der Waals surface area contributed by atoms with Gasteiger partial charge < -0.3 is 0 Å². The van der Waals surface area contributed by atoms with E-state index in [1.165, 1.54) is 0 Å². The van der Waals surface area contributed by atoms with Crippen LogP contribution in [0.25, 0.3) is 0 Å². The minimum absolute atomic E-state index is 0.204. The van der Waals surface area contributed by atoms with Crippen molar-refractivity contribution in [3.8, 4) is 6.07 Å². The lowest BCUT2D eigenvalue weighted by Crippen LogP contribution is -2.36. The van der Waals surface area contributed by atoms with Gasteiger partial charge >= 0.3 is 0 Å². The fraction of sp³-hybridized carbons (Fsp3) is 0.333. The Morgan fingerprint density at radius 3 is 2.58 bits per heavy atom. The monoisotopic (exact) mass is 178 g/mol. The molecule has 1 rings (SSSR count). The number of dihydropyridines is 1. The number of halogens is 4. The van der Waals surface area contributed by atoms with Crippen molar-refractivity contribution < 1.29 is 17.6 Å². The predicted molar refractivity (Wildman–Crippen MR) is 32.1 cm³/mol. The molecule has 12 heavy (non-hydrogen) atoms. The number of alkyl halides is 2. The van der Waals surface area contributed by atoms with E-state index in [-0.39, 0.29) is 6.21 Å². The molecule has 0 aromatic rings. The van der Waals surface area contributed by atoms with Gasteiger partial charge in [-0.25, -0.2) is 22.6 Å². The highest BCUT2D eigenvalue weighted by molar-refractivity contribution is 5.78. The van der Waals surface area contributed by atoms with Crippen molar-refractivity contribution in [2.24, 2.45) is 4.99 Å². The van der Waals surface area contributed by atoms with Gasteiger partial charge in [0, 0.05) is 0 Å². The standard InChI is InChI=1S/C6H2F4N2/c7-3-1-12-5(9)6(10,2-11)4(3)8/h1,5H. The number of allylic oxidation sites excluding steroid dienone is 1. The molecular weight excluding hydrogens is 176 g/mol. The van der Waals surface area contributed by atoms with Crippen LogP contribution in [-0.4, -0.2) is 18.2 Å². The van der Waals surface area contributed by atoms with Crippen LogP contribution in [0.5, 0.6) is 0 Å². The van der Waals surface area contributed by atoms with Crippen LogP contribution >= 0.6 is 0 Å². The molecule has 64 valence electrons. The second-order valence-electron chi connectivity index (χ2n) is 2.10. The fourth-order valence-electron chi connectivity index (χ4n) is 0.671. The van der Waals surface area contributed by atoms with Crippen LogP contribution in [0.15, 0.2) is 16.6 Å². The van der Waals surface area contributed by atoms with Crippen molar-refractivity contribution >= 4 is 6.21 Å². The second-order valence-corrected chi connectivity index (χ2v) is 2.10. The first-order chi connectivity index (χ1) is 5.52. The lowest BCUT2D eigenvalue weighted by molar-refractivity contribution is 0.112. The summed E-state index contributed by atoms with van der Waals surface area (Å²) in [5, 5.41) is 8.03. The zero-order chi connectivity index (χ0) is 9.35. The molecule has 0 spiro atoms. The van der Waals surface area contributed by atoms with Gasteiger partial charge in [-0.15, -0.1) is 0 Å². The number of hydrogen-bond acceptors (Lipinski definition) is 2. The average molecular weight is 178 g/mol. The van der Waals surface area contributed by atoms with E-state index in [9.17, 15) is 17.6 Å². The Morgan fingerprint density at radius 1 is 1.58 bits per heavy atom. The zero-order valence-electron chi connectivity index (χ0n) is 5.56. The summed E-state index contributed by atoms with van der Waals surface area (Å²) in [4.78, 5) is 2.62. The first-order valence-corrected chi connectivity index (χ1v) is 2.85. The number of aliphatic imine (C=N–C) groups is 1.